The van der Waals surface area contributed by atoms with Gasteiger partial charge in [0, 0.05) is 11.8 Å². The van der Waals surface area contributed by atoms with Gasteiger partial charge < -0.3 is 18.9 Å². The first-order chi connectivity index (χ1) is 11.3. The molecule has 116 valence electrons. The van der Waals surface area contributed by atoms with E-state index in [1.807, 2.05) is 6.07 Å². The van der Waals surface area contributed by atoms with Gasteiger partial charge in [0.15, 0.2) is 17.3 Å². The van der Waals surface area contributed by atoms with E-state index in [4.69, 9.17) is 13.9 Å². The number of hydrogen-bond acceptors (Lipinski definition) is 7. The second-order valence-corrected chi connectivity index (χ2v) is 5.66. The third kappa shape index (κ3) is 2.80. The number of aromatic nitrogens is 3. The fourth-order valence-corrected chi connectivity index (χ4v) is 2.77. The second-order valence-electron chi connectivity index (χ2n) is 4.74. The molecule has 1 N–H and O–H groups in total. The van der Waals surface area contributed by atoms with Gasteiger partial charge in [-0.25, -0.2) is 0 Å². The molecule has 0 aliphatic carbocycles. The summed E-state index contributed by atoms with van der Waals surface area (Å²) in [5, 5.41) is 8.30. The average molecular weight is 329 g/mol. The van der Waals surface area contributed by atoms with Crippen LogP contribution in [0, 0.1) is 0 Å². The van der Waals surface area contributed by atoms with Crippen LogP contribution in [0.4, 0.5) is 0 Å². The molecule has 0 saturated heterocycles. The number of aromatic amines is 1. The number of nitrogens with one attached hydrogen (secondary N) is 1. The van der Waals surface area contributed by atoms with Crippen LogP contribution in [0.1, 0.15) is 10.5 Å². The van der Waals surface area contributed by atoms with Crippen LogP contribution in [-0.2, 0) is 0 Å². The number of benzene rings is 1. The van der Waals surface area contributed by atoms with E-state index in [1.165, 1.54) is 11.8 Å². The summed E-state index contributed by atoms with van der Waals surface area (Å²) >= 11 is 1.20. The first-order valence-electron chi connectivity index (χ1n) is 6.82. The fourth-order valence-electron chi connectivity index (χ4n) is 2.12. The van der Waals surface area contributed by atoms with Crippen LogP contribution >= 0.6 is 11.8 Å². The molecule has 0 radical (unpaired) electrons. The number of thioether (sulfide) groups is 1. The maximum Gasteiger partial charge on any atom is 0.277 e. The maximum atomic E-state index is 11.9. The number of carbonyl (C=O) groups is 1. The molecule has 1 aliphatic rings. The number of hydrogen-bond donors (Lipinski definition) is 1. The Hall–Kier alpha value is -2.74. The van der Waals surface area contributed by atoms with Crippen LogP contribution in [0.15, 0.2) is 46.2 Å². The Morgan fingerprint density at radius 2 is 2.13 bits per heavy atom. The van der Waals surface area contributed by atoms with Crippen molar-refractivity contribution in [1.29, 1.82) is 0 Å². The van der Waals surface area contributed by atoms with Gasteiger partial charge in [0.25, 0.3) is 5.22 Å². The lowest BCUT2D eigenvalue weighted by molar-refractivity contribution is 0.101. The van der Waals surface area contributed by atoms with Crippen LogP contribution in [0.3, 0.4) is 0 Å². The normalized spacial score (nSPS) is 12.5. The van der Waals surface area contributed by atoms with E-state index in [0.29, 0.717) is 28.3 Å². The molecule has 3 aromatic rings. The number of rotatable bonds is 5. The number of Topliss-reactive ketones (excluding diaryl/α,β-unsaturated/α-hetero) is 1. The lowest BCUT2D eigenvalue weighted by Crippen LogP contribution is -2.02. The Bertz CT molecular complexity index is 844. The van der Waals surface area contributed by atoms with E-state index < -0.39 is 0 Å². The number of H-pyrrole nitrogens is 1. The van der Waals surface area contributed by atoms with Crippen LogP contribution < -0.4 is 9.47 Å². The van der Waals surface area contributed by atoms with Crippen LogP contribution in [0.25, 0.3) is 11.5 Å². The standard InChI is InChI=1S/C15H11N3O4S/c19-11(10-2-1-5-16-10)7-23-15-18-17-14(22-15)9-3-4-12-13(6-9)21-8-20-12/h1-6,16H,7-8H2. The number of fused-ring (bicyclic) bond motifs is 1. The third-order valence-corrected chi connectivity index (χ3v) is 4.07. The third-order valence-electron chi connectivity index (χ3n) is 3.25. The largest absolute Gasteiger partial charge is 0.454 e. The van der Waals surface area contributed by atoms with Gasteiger partial charge in [-0.15, -0.1) is 10.2 Å². The van der Waals surface area contributed by atoms with Gasteiger partial charge in [-0.05, 0) is 30.3 Å². The summed E-state index contributed by atoms with van der Waals surface area (Å²) in [6, 6.07) is 8.91. The van der Waals surface area contributed by atoms with Crippen molar-refractivity contribution in [3.8, 4) is 23.0 Å². The fraction of sp³-hybridized carbons (Fsp3) is 0.133. The van der Waals surface area contributed by atoms with Crippen LogP contribution in [-0.4, -0.2) is 33.5 Å². The SMILES string of the molecule is O=C(CSc1nnc(-c2ccc3c(c2)OCO3)o1)c1ccc[nH]1. The van der Waals surface area contributed by atoms with Crippen LogP contribution in [0.2, 0.25) is 0 Å². The van der Waals surface area contributed by atoms with Crippen molar-refractivity contribution in [3.63, 3.8) is 0 Å². The molecule has 23 heavy (non-hydrogen) atoms. The molecular formula is C15H11N3O4S. The number of ether oxygens (including phenoxy) is 2. The molecule has 4 rings (SSSR count). The summed E-state index contributed by atoms with van der Waals surface area (Å²) in [5.41, 5.74) is 1.30. The zero-order chi connectivity index (χ0) is 15.6. The molecule has 0 spiro atoms. The summed E-state index contributed by atoms with van der Waals surface area (Å²) in [5.74, 6) is 1.92. The highest BCUT2D eigenvalue weighted by Gasteiger charge is 2.17. The van der Waals surface area contributed by atoms with Gasteiger partial charge in [0.1, 0.15) is 0 Å². The predicted molar refractivity (Wildman–Crippen MR) is 81.7 cm³/mol. The Morgan fingerprint density at radius 1 is 1.22 bits per heavy atom. The lowest BCUT2D eigenvalue weighted by Gasteiger charge is -1.98. The molecule has 7 nitrogen and oxygen atoms in total. The van der Waals surface area contributed by atoms with Gasteiger partial charge in [0.05, 0.1) is 11.4 Å². The van der Waals surface area contributed by atoms with Crippen molar-refractivity contribution in [1.82, 2.24) is 15.2 Å². The highest BCUT2D eigenvalue weighted by Crippen LogP contribution is 2.36. The molecule has 1 aromatic carbocycles. The Kier molecular flexibility index (Phi) is 3.51. The van der Waals surface area contributed by atoms with Crippen molar-refractivity contribution in [2.45, 2.75) is 5.22 Å². The minimum atomic E-state index is -0.0252. The van der Waals surface area contributed by atoms with Gasteiger partial charge in [0.2, 0.25) is 12.7 Å². The first-order valence-corrected chi connectivity index (χ1v) is 7.81. The van der Waals surface area contributed by atoms with Crippen molar-refractivity contribution < 1.29 is 18.7 Å². The zero-order valence-corrected chi connectivity index (χ0v) is 12.6. The molecule has 0 atom stereocenters. The van der Waals surface area contributed by atoms with E-state index in [9.17, 15) is 4.79 Å². The highest BCUT2D eigenvalue weighted by atomic mass is 32.2. The van der Waals surface area contributed by atoms with Gasteiger partial charge in [-0.1, -0.05) is 11.8 Å². The quantitative estimate of drug-likeness (QED) is 0.568. The molecule has 0 bridgehead atoms. The summed E-state index contributed by atoms with van der Waals surface area (Å²) in [4.78, 5) is 14.8. The van der Waals surface area contributed by atoms with Gasteiger partial charge in [-0.2, -0.15) is 0 Å². The molecule has 2 aromatic heterocycles. The van der Waals surface area contributed by atoms with E-state index in [2.05, 4.69) is 15.2 Å². The molecule has 0 saturated carbocycles. The van der Waals surface area contributed by atoms with E-state index in [-0.39, 0.29) is 18.3 Å². The molecule has 1 aliphatic heterocycles. The van der Waals surface area contributed by atoms with Crippen molar-refractivity contribution in [2.24, 2.45) is 0 Å². The summed E-state index contributed by atoms with van der Waals surface area (Å²) in [6.07, 6.45) is 1.71. The number of ketones is 1. The Balaban J connectivity index is 1.45. The van der Waals surface area contributed by atoms with Crippen molar-refractivity contribution in [2.75, 3.05) is 12.5 Å². The summed E-state index contributed by atoms with van der Waals surface area (Å²) < 4.78 is 16.2. The van der Waals surface area contributed by atoms with E-state index >= 15 is 0 Å². The monoisotopic (exact) mass is 329 g/mol. The molecule has 0 unspecified atom stereocenters. The second kappa shape index (κ2) is 5.81. The minimum Gasteiger partial charge on any atom is -0.454 e. The topological polar surface area (TPSA) is 90.2 Å². The molecule has 0 amide bonds. The van der Waals surface area contributed by atoms with Crippen LogP contribution in [0.5, 0.6) is 11.5 Å². The van der Waals surface area contributed by atoms with Gasteiger partial charge >= 0.3 is 0 Å². The first kappa shape index (κ1) is 13.9. The lowest BCUT2D eigenvalue weighted by atomic mass is 10.2. The zero-order valence-electron chi connectivity index (χ0n) is 11.8. The maximum absolute atomic E-state index is 11.9. The number of carbonyl (C=O) groups excluding carboxylic acids is 1. The molecular weight excluding hydrogens is 318 g/mol. The average Bonchev–Trinajstić information content (AvgIpc) is 3.32. The molecule has 0 fully saturated rings. The Labute approximate surface area is 135 Å². The van der Waals surface area contributed by atoms with Crippen molar-refractivity contribution >= 4 is 17.5 Å². The number of nitrogens with zero attached hydrogens (tertiary/aromatic N) is 2. The summed E-state index contributed by atoms with van der Waals surface area (Å²) in [7, 11) is 0. The minimum absolute atomic E-state index is 0.0252. The van der Waals surface area contributed by atoms with E-state index in [0.717, 1.165) is 5.56 Å². The molecule has 8 heteroatoms. The summed E-state index contributed by atoms with van der Waals surface area (Å²) in [6.45, 7) is 0.213. The Morgan fingerprint density at radius 3 is 3.00 bits per heavy atom. The van der Waals surface area contributed by atoms with E-state index in [1.54, 1.807) is 30.5 Å². The predicted octanol–water partition coefficient (Wildman–Crippen LogP) is 2.77. The smallest absolute Gasteiger partial charge is 0.277 e. The highest BCUT2D eigenvalue weighted by molar-refractivity contribution is 7.99. The van der Waals surface area contributed by atoms with Gasteiger partial charge in [-0.3, -0.25) is 4.79 Å². The van der Waals surface area contributed by atoms with Crippen molar-refractivity contribution in [3.05, 3.63) is 42.2 Å². The molecule has 3 heterocycles.